The molecule has 0 aromatic heterocycles. The molecular weight excluding hydrogens is 164 g/mol. The maximum Gasteiger partial charge on any atom is 0.0613 e. The Bertz CT molecular complexity index is 157. The Labute approximate surface area is 81.4 Å². The topological polar surface area (TPSA) is 24.5 Å². The summed E-state index contributed by atoms with van der Waals surface area (Å²) >= 11 is 0. The van der Waals surface area contributed by atoms with Crippen LogP contribution in [0.5, 0.6) is 0 Å². The van der Waals surface area contributed by atoms with E-state index in [0.29, 0.717) is 12.1 Å². The fourth-order valence-electron chi connectivity index (χ4n) is 1.63. The number of nitrogens with zero attached hydrogens (tertiary/aromatic N) is 1. The van der Waals surface area contributed by atoms with Gasteiger partial charge in [0.1, 0.15) is 0 Å². The van der Waals surface area contributed by atoms with E-state index in [1.165, 1.54) is 0 Å². The van der Waals surface area contributed by atoms with E-state index >= 15 is 0 Å². The molecule has 0 amide bonds. The molecule has 1 rings (SSSR count). The Morgan fingerprint density at radius 1 is 1.23 bits per heavy atom. The minimum Gasteiger partial charge on any atom is -0.373 e. The van der Waals surface area contributed by atoms with Crippen molar-refractivity contribution in [2.24, 2.45) is 0 Å². The average molecular weight is 186 g/mol. The van der Waals surface area contributed by atoms with Crippen LogP contribution in [0.2, 0.25) is 0 Å². The van der Waals surface area contributed by atoms with Gasteiger partial charge in [-0.05, 0) is 33.6 Å². The predicted molar refractivity (Wildman–Crippen MR) is 54.5 cm³/mol. The number of hydrogen-bond acceptors (Lipinski definition) is 3. The maximum atomic E-state index is 5.83. The van der Waals surface area contributed by atoms with Crippen molar-refractivity contribution in [3.63, 3.8) is 0 Å². The van der Waals surface area contributed by atoms with E-state index in [1.54, 1.807) is 0 Å². The quantitative estimate of drug-likeness (QED) is 0.674. The summed E-state index contributed by atoms with van der Waals surface area (Å²) in [6.07, 6.45) is 2.72. The molecule has 0 radical (unpaired) electrons. The van der Waals surface area contributed by atoms with Gasteiger partial charge in [0.2, 0.25) is 0 Å². The molecule has 0 aromatic rings. The summed E-state index contributed by atoms with van der Waals surface area (Å²) in [6, 6.07) is 0.613. The molecule has 13 heavy (non-hydrogen) atoms. The monoisotopic (exact) mass is 186 g/mol. The Morgan fingerprint density at radius 2 is 1.77 bits per heavy atom. The number of rotatable bonds is 3. The van der Waals surface area contributed by atoms with Crippen molar-refractivity contribution in [1.29, 1.82) is 0 Å². The minimum absolute atomic E-state index is 0.00769. The van der Waals surface area contributed by atoms with E-state index in [0.717, 1.165) is 12.8 Å². The van der Waals surface area contributed by atoms with E-state index in [9.17, 15) is 0 Å². The van der Waals surface area contributed by atoms with Gasteiger partial charge in [0, 0.05) is 20.1 Å². The Morgan fingerprint density at radius 3 is 2.15 bits per heavy atom. The molecule has 1 saturated carbocycles. The molecule has 0 aromatic carbocycles. The number of hydrazine groups is 1. The largest absolute Gasteiger partial charge is 0.373 e. The van der Waals surface area contributed by atoms with Crippen LogP contribution in [0.4, 0.5) is 0 Å². The summed E-state index contributed by atoms with van der Waals surface area (Å²) < 4.78 is 5.83. The van der Waals surface area contributed by atoms with Gasteiger partial charge in [0.05, 0.1) is 11.7 Å². The predicted octanol–water partition coefficient (Wildman–Crippen LogP) is 1.40. The lowest BCUT2D eigenvalue weighted by molar-refractivity contribution is -0.108. The fourth-order valence-corrected chi connectivity index (χ4v) is 1.63. The highest BCUT2D eigenvalue weighted by atomic mass is 16.5. The first-order chi connectivity index (χ1) is 5.87. The first kappa shape index (κ1) is 11.0. The molecule has 3 heteroatoms. The highest BCUT2D eigenvalue weighted by molar-refractivity contribution is 4.86. The van der Waals surface area contributed by atoms with Crippen molar-refractivity contribution in [3.8, 4) is 0 Å². The van der Waals surface area contributed by atoms with Crippen LogP contribution in [-0.2, 0) is 4.74 Å². The first-order valence-corrected chi connectivity index (χ1v) is 4.98. The van der Waals surface area contributed by atoms with E-state index in [-0.39, 0.29) is 5.60 Å². The zero-order chi connectivity index (χ0) is 10.1. The van der Waals surface area contributed by atoms with Crippen molar-refractivity contribution < 1.29 is 4.74 Å². The zero-order valence-electron chi connectivity index (χ0n) is 9.42. The molecule has 0 aliphatic heterocycles. The maximum absolute atomic E-state index is 5.83. The minimum atomic E-state index is 0.00769. The average Bonchev–Trinajstić information content (AvgIpc) is 1.78. The molecule has 1 aliphatic rings. The van der Waals surface area contributed by atoms with Crippen LogP contribution in [0, 0.1) is 0 Å². The van der Waals surface area contributed by atoms with E-state index in [1.807, 2.05) is 19.1 Å². The molecule has 78 valence electrons. The molecule has 3 nitrogen and oxygen atoms in total. The van der Waals surface area contributed by atoms with Crippen molar-refractivity contribution in [2.45, 2.75) is 51.4 Å². The Balaban J connectivity index is 2.12. The Hall–Kier alpha value is -0.120. The van der Waals surface area contributed by atoms with Crippen LogP contribution in [0.15, 0.2) is 0 Å². The van der Waals surface area contributed by atoms with Gasteiger partial charge in [-0.1, -0.05) is 0 Å². The van der Waals surface area contributed by atoms with Crippen molar-refractivity contribution in [2.75, 3.05) is 14.1 Å². The fraction of sp³-hybridized carbons (Fsp3) is 1.00. The molecule has 1 fully saturated rings. The third kappa shape index (κ3) is 4.07. The molecule has 0 bridgehead atoms. The van der Waals surface area contributed by atoms with Gasteiger partial charge in [-0.15, -0.1) is 0 Å². The molecule has 0 unspecified atom stereocenters. The second kappa shape index (κ2) is 3.95. The summed E-state index contributed by atoms with van der Waals surface area (Å²) in [4.78, 5) is 0. The highest BCUT2D eigenvalue weighted by Crippen LogP contribution is 2.27. The lowest BCUT2D eigenvalue weighted by Gasteiger charge is -2.40. The number of ether oxygens (including phenoxy) is 1. The second-order valence-corrected chi connectivity index (χ2v) is 5.04. The number of nitrogens with one attached hydrogen (secondary N) is 1. The van der Waals surface area contributed by atoms with E-state index in [4.69, 9.17) is 4.74 Å². The smallest absolute Gasteiger partial charge is 0.0613 e. The summed E-state index contributed by atoms with van der Waals surface area (Å²) in [5, 5.41) is 2.01. The molecule has 1 N–H and O–H groups in total. The van der Waals surface area contributed by atoms with Gasteiger partial charge in [-0.25, -0.2) is 0 Å². The van der Waals surface area contributed by atoms with E-state index < -0.39 is 0 Å². The van der Waals surface area contributed by atoms with Crippen molar-refractivity contribution in [3.05, 3.63) is 0 Å². The molecule has 1 aliphatic carbocycles. The third-order valence-corrected chi connectivity index (χ3v) is 2.06. The van der Waals surface area contributed by atoms with Gasteiger partial charge in [-0.2, -0.15) is 0 Å². The lowest BCUT2D eigenvalue weighted by Crippen LogP contribution is -2.51. The molecular formula is C10H22N2O. The normalized spacial score (nSPS) is 29.1. The van der Waals surface area contributed by atoms with Crippen LogP contribution in [0.1, 0.15) is 33.6 Å². The summed E-state index contributed by atoms with van der Waals surface area (Å²) in [6.45, 7) is 6.33. The van der Waals surface area contributed by atoms with Gasteiger partial charge in [0.25, 0.3) is 0 Å². The van der Waals surface area contributed by atoms with Crippen LogP contribution < -0.4 is 5.43 Å². The van der Waals surface area contributed by atoms with E-state index in [2.05, 4.69) is 26.2 Å². The van der Waals surface area contributed by atoms with Gasteiger partial charge in [0.15, 0.2) is 0 Å². The second-order valence-electron chi connectivity index (χ2n) is 5.04. The molecule has 0 atom stereocenters. The standard InChI is InChI=1S/C10H22N2O/c1-10(2,3)13-9-6-8(7-9)11-12(4)5/h8-9,11H,6-7H2,1-5H3. The van der Waals surface area contributed by atoms with Crippen LogP contribution >= 0.6 is 0 Å². The SMILES string of the molecule is CN(C)NC1CC(OC(C)(C)C)C1. The third-order valence-electron chi connectivity index (χ3n) is 2.06. The van der Waals surface area contributed by atoms with Crippen LogP contribution in [0.25, 0.3) is 0 Å². The number of hydrogen-bond donors (Lipinski definition) is 1. The zero-order valence-corrected chi connectivity index (χ0v) is 9.42. The van der Waals surface area contributed by atoms with Gasteiger partial charge < -0.3 is 4.74 Å². The molecule has 0 heterocycles. The van der Waals surface area contributed by atoms with Gasteiger partial charge in [-0.3, -0.25) is 10.4 Å². The lowest BCUT2D eigenvalue weighted by atomic mass is 9.89. The summed E-state index contributed by atoms with van der Waals surface area (Å²) in [7, 11) is 4.05. The highest BCUT2D eigenvalue weighted by Gasteiger charge is 2.32. The Kier molecular flexibility index (Phi) is 3.33. The van der Waals surface area contributed by atoms with Crippen LogP contribution in [0.3, 0.4) is 0 Å². The summed E-state index contributed by atoms with van der Waals surface area (Å²) in [5.41, 5.74) is 3.36. The molecule has 0 saturated heterocycles. The summed E-state index contributed by atoms with van der Waals surface area (Å²) in [5.74, 6) is 0. The first-order valence-electron chi connectivity index (χ1n) is 4.98. The van der Waals surface area contributed by atoms with Crippen molar-refractivity contribution >= 4 is 0 Å². The van der Waals surface area contributed by atoms with Gasteiger partial charge >= 0.3 is 0 Å². The van der Waals surface area contributed by atoms with Crippen molar-refractivity contribution in [1.82, 2.24) is 10.4 Å². The van der Waals surface area contributed by atoms with Crippen LogP contribution in [-0.4, -0.2) is 36.9 Å². The molecule has 0 spiro atoms.